The zero-order chi connectivity index (χ0) is 21.6. The molecule has 1 amide bonds. The lowest BCUT2D eigenvalue weighted by Crippen LogP contribution is -2.27. The van der Waals surface area contributed by atoms with Crippen LogP contribution in [0.2, 0.25) is 0 Å². The molecule has 10 heteroatoms. The molecule has 1 N–H and O–H groups in total. The van der Waals surface area contributed by atoms with Crippen LogP contribution in [0.3, 0.4) is 0 Å². The molecule has 0 saturated carbocycles. The Hall–Kier alpha value is -3.14. The molecule has 0 heterocycles. The zero-order valence-electron chi connectivity index (χ0n) is 15.8. The maximum atomic E-state index is 13.1. The molecule has 156 valence electrons. The van der Waals surface area contributed by atoms with Gasteiger partial charge in [-0.05, 0) is 23.8 Å². The second-order valence-corrected chi connectivity index (χ2v) is 6.22. The summed E-state index contributed by atoms with van der Waals surface area (Å²) in [5.74, 6) is -0.631. The number of nitro groups is 1. The molecular formula is C19H20F3N3O4. The summed E-state index contributed by atoms with van der Waals surface area (Å²) in [4.78, 5) is 24.4. The molecule has 0 aliphatic carbocycles. The number of nitro benzene ring substituents is 1. The first-order valence-corrected chi connectivity index (χ1v) is 8.57. The van der Waals surface area contributed by atoms with Crippen molar-refractivity contribution in [2.75, 3.05) is 32.6 Å². The standard InChI is InChI=1S/C19H20F3N3O4/c1-24(12-14-5-3-4-6-15(14)19(20,21)22)18(26)13-7-8-16(23-9-10-29-2)17(11-13)25(27)28/h3-8,11,23H,9-10,12H2,1-2H3. The number of hydrogen-bond donors (Lipinski definition) is 1. The number of carbonyl (C=O) groups excluding carboxylic acids is 1. The topological polar surface area (TPSA) is 84.7 Å². The lowest BCUT2D eigenvalue weighted by molar-refractivity contribution is -0.384. The predicted molar refractivity (Wildman–Crippen MR) is 101 cm³/mol. The second-order valence-electron chi connectivity index (χ2n) is 6.22. The maximum absolute atomic E-state index is 13.1. The van der Waals surface area contributed by atoms with E-state index in [1.54, 1.807) is 0 Å². The minimum Gasteiger partial charge on any atom is -0.383 e. The Kier molecular flexibility index (Phi) is 7.16. The van der Waals surface area contributed by atoms with Crippen molar-refractivity contribution in [1.82, 2.24) is 4.90 Å². The van der Waals surface area contributed by atoms with E-state index in [-0.39, 0.29) is 29.0 Å². The highest BCUT2D eigenvalue weighted by atomic mass is 19.4. The van der Waals surface area contributed by atoms with Crippen molar-refractivity contribution in [3.63, 3.8) is 0 Å². The fourth-order valence-corrected chi connectivity index (χ4v) is 2.74. The third-order valence-electron chi connectivity index (χ3n) is 4.14. The van der Waals surface area contributed by atoms with Gasteiger partial charge < -0.3 is 15.0 Å². The number of anilines is 1. The van der Waals surface area contributed by atoms with E-state index in [4.69, 9.17) is 4.74 Å². The van der Waals surface area contributed by atoms with Gasteiger partial charge in [-0.3, -0.25) is 14.9 Å². The summed E-state index contributed by atoms with van der Waals surface area (Å²) in [6.45, 7) is 0.369. The van der Waals surface area contributed by atoms with Gasteiger partial charge >= 0.3 is 6.18 Å². The molecule has 0 aliphatic rings. The molecule has 0 saturated heterocycles. The Morgan fingerprint density at radius 1 is 1.24 bits per heavy atom. The molecule has 0 fully saturated rings. The van der Waals surface area contributed by atoms with Gasteiger partial charge in [0.1, 0.15) is 5.69 Å². The van der Waals surface area contributed by atoms with Crippen LogP contribution in [0.1, 0.15) is 21.5 Å². The van der Waals surface area contributed by atoms with Gasteiger partial charge in [0.15, 0.2) is 0 Å². The van der Waals surface area contributed by atoms with Crippen LogP contribution in [0.4, 0.5) is 24.5 Å². The van der Waals surface area contributed by atoms with Crippen LogP contribution < -0.4 is 5.32 Å². The van der Waals surface area contributed by atoms with Crippen molar-refractivity contribution in [2.45, 2.75) is 12.7 Å². The van der Waals surface area contributed by atoms with E-state index in [1.807, 2.05) is 0 Å². The van der Waals surface area contributed by atoms with Gasteiger partial charge in [0.25, 0.3) is 11.6 Å². The van der Waals surface area contributed by atoms with Crippen LogP contribution in [0.15, 0.2) is 42.5 Å². The molecule has 29 heavy (non-hydrogen) atoms. The average Bonchev–Trinajstić information content (AvgIpc) is 2.67. The van der Waals surface area contributed by atoms with Crippen LogP contribution >= 0.6 is 0 Å². The summed E-state index contributed by atoms with van der Waals surface area (Å²) in [6.07, 6.45) is -4.55. The number of hydrogen-bond acceptors (Lipinski definition) is 5. The van der Waals surface area contributed by atoms with E-state index in [1.165, 1.54) is 44.5 Å². The van der Waals surface area contributed by atoms with Crippen molar-refractivity contribution >= 4 is 17.3 Å². The van der Waals surface area contributed by atoms with Gasteiger partial charge in [0, 0.05) is 38.9 Å². The fraction of sp³-hybridized carbons (Fsp3) is 0.316. The van der Waals surface area contributed by atoms with Gasteiger partial charge in [-0.1, -0.05) is 18.2 Å². The number of rotatable bonds is 8. The maximum Gasteiger partial charge on any atom is 0.416 e. The first-order valence-electron chi connectivity index (χ1n) is 8.57. The van der Waals surface area contributed by atoms with Crippen molar-refractivity contribution < 1.29 is 27.6 Å². The third kappa shape index (κ3) is 5.67. The quantitative estimate of drug-likeness (QED) is 0.404. The SMILES string of the molecule is COCCNc1ccc(C(=O)N(C)Cc2ccccc2C(F)(F)F)cc1[N+](=O)[O-]. The van der Waals surface area contributed by atoms with Crippen LogP contribution in [0.5, 0.6) is 0 Å². The Balaban J connectivity index is 2.24. The lowest BCUT2D eigenvalue weighted by Gasteiger charge is -2.20. The molecule has 0 aromatic heterocycles. The summed E-state index contributed by atoms with van der Waals surface area (Å²) >= 11 is 0. The Morgan fingerprint density at radius 3 is 2.55 bits per heavy atom. The predicted octanol–water partition coefficient (Wildman–Crippen LogP) is 3.94. The van der Waals surface area contributed by atoms with E-state index >= 15 is 0 Å². The normalized spacial score (nSPS) is 11.2. The Morgan fingerprint density at radius 2 is 1.93 bits per heavy atom. The third-order valence-corrected chi connectivity index (χ3v) is 4.14. The van der Waals surface area contributed by atoms with Crippen LogP contribution in [0, 0.1) is 10.1 Å². The molecule has 0 aliphatic heterocycles. The first-order chi connectivity index (χ1) is 13.6. The number of halogens is 3. The minimum atomic E-state index is -4.55. The van der Waals surface area contributed by atoms with Gasteiger partial charge in [-0.15, -0.1) is 0 Å². The molecular weight excluding hydrogens is 391 g/mol. The first kappa shape index (κ1) is 22.2. The van der Waals surface area contributed by atoms with Gasteiger partial charge in [0.2, 0.25) is 0 Å². The van der Waals surface area contributed by atoms with Crippen molar-refractivity contribution in [3.05, 3.63) is 69.3 Å². The molecule has 2 rings (SSSR count). The molecule has 2 aromatic rings. The highest BCUT2D eigenvalue weighted by molar-refractivity contribution is 5.95. The molecule has 0 radical (unpaired) electrons. The fourth-order valence-electron chi connectivity index (χ4n) is 2.74. The number of nitrogens with zero attached hydrogens (tertiary/aromatic N) is 2. The van der Waals surface area contributed by atoms with Crippen LogP contribution in [-0.4, -0.2) is 43.0 Å². The molecule has 7 nitrogen and oxygen atoms in total. The van der Waals surface area contributed by atoms with Crippen molar-refractivity contribution in [3.8, 4) is 0 Å². The second kappa shape index (κ2) is 9.37. The highest BCUT2D eigenvalue weighted by Crippen LogP contribution is 2.32. The van der Waals surface area contributed by atoms with Gasteiger partial charge in [0.05, 0.1) is 17.1 Å². The van der Waals surface area contributed by atoms with E-state index < -0.39 is 22.6 Å². The molecule has 2 aromatic carbocycles. The molecule has 0 atom stereocenters. The van der Waals surface area contributed by atoms with Crippen molar-refractivity contribution in [2.24, 2.45) is 0 Å². The number of carbonyl (C=O) groups is 1. The average molecular weight is 411 g/mol. The van der Waals surface area contributed by atoms with E-state index in [9.17, 15) is 28.1 Å². The van der Waals surface area contributed by atoms with Gasteiger partial charge in [-0.2, -0.15) is 13.2 Å². The zero-order valence-corrected chi connectivity index (χ0v) is 15.8. The monoisotopic (exact) mass is 411 g/mol. The van der Waals surface area contributed by atoms with E-state index in [0.29, 0.717) is 13.2 Å². The lowest BCUT2D eigenvalue weighted by atomic mass is 10.1. The van der Waals surface area contributed by atoms with Gasteiger partial charge in [-0.25, -0.2) is 0 Å². The smallest absolute Gasteiger partial charge is 0.383 e. The molecule has 0 spiro atoms. The highest BCUT2D eigenvalue weighted by Gasteiger charge is 2.33. The molecule has 0 bridgehead atoms. The number of alkyl halides is 3. The summed E-state index contributed by atoms with van der Waals surface area (Å²) < 4.78 is 44.3. The number of methoxy groups -OCH3 is 1. The number of nitrogens with one attached hydrogen (secondary N) is 1. The van der Waals surface area contributed by atoms with Crippen LogP contribution in [-0.2, 0) is 17.5 Å². The number of benzene rings is 2. The summed E-state index contributed by atoms with van der Waals surface area (Å²) in [5.41, 5.74) is -0.989. The largest absolute Gasteiger partial charge is 0.416 e. The number of amides is 1. The van der Waals surface area contributed by atoms with Crippen LogP contribution in [0.25, 0.3) is 0 Å². The summed E-state index contributed by atoms with van der Waals surface area (Å²) in [5, 5.41) is 14.2. The minimum absolute atomic E-state index is 0.000909. The summed E-state index contributed by atoms with van der Waals surface area (Å²) in [6, 6.07) is 8.83. The molecule has 0 unspecified atom stereocenters. The van der Waals surface area contributed by atoms with E-state index in [2.05, 4.69) is 5.32 Å². The van der Waals surface area contributed by atoms with Crippen molar-refractivity contribution in [1.29, 1.82) is 0 Å². The summed E-state index contributed by atoms with van der Waals surface area (Å²) in [7, 11) is 2.83. The Labute approximate surface area is 165 Å². The Bertz CT molecular complexity index is 887. The number of ether oxygens (including phenoxy) is 1. The van der Waals surface area contributed by atoms with E-state index in [0.717, 1.165) is 17.0 Å².